The predicted octanol–water partition coefficient (Wildman–Crippen LogP) is 3.21. The molecule has 1 saturated carbocycles. The molecule has 0 aromatic carbocycles. The molecule has 2 rings (SSSR count). The lowest BCUT2D eigenvalue weighted by Crippen LogP contribution is -2.56. The summed E-state index contributed by atoms with van der Waals surface area (Å²) in [6.07, 6.45) is 3.88. The van der Waals surface area contributed by atoms with Gasteiger partial charge in [0.1, 0.15) is 5.54 Å². The first-order valence-electron chi connectivity index (χ1n) is 6.23. The minimum Gasteiger partial charge on any atom is -0.479 e. The molecule has 0 spiro atoms. The molecule has 4 nitrogen and oxygen atoms in total. The summed E-state index contributed by atoms with van der Waals surface area (Å²) in [6, 6.07) is 1.81. The molecule has 1 amide bonds. The monoisotopic (exact) mass is 393 g/mol. The fraction of sp³-hybridized carbons (Fsp3) is 0.538. The second kappa shape index (κ2) is 5.78. The van der Waals surface area contributed by atoms with Crippen LogP contribution < -0.4 is 0 Å². The zero-order valence-electron chi connectivity index (χ0n) is 10.7. The molecule has 0 bridgehead atoms. The summed E-state index contributed by atoms with van der Waals surface area (Å²) < 4.78 is 1.03. The van der Waals surface area contributed by atoms with E-state index in [9.17, 15) is 14.7 Å². The number of hydrogen-bond acceptors (Lipinski definition) is 3. The van der Waals surface area contributed by atoms with Crippen molar-refractivity contribution < 1.29 is 14.7 Å². The Kier molecular flexibility index (Phi) is 4.50. The van der Waals surface area contributed by atoms with Crippen LogP contribution in [0.2, 0.25) is 0 Å². The lowest BCUT2D eigenvalue weighted by Gasteiger charge is -2.40. The summed E-state index contributed by atoms with van der Waals surface area (Å²) in [5.41, 5.74) is -0.439. The number of carbonyl (C=O) groups is 2. The van der Waals surface area contributed by atoms with E-state index in [0.717, 1.165) is 22.1 Å². The van der Waals surface area contributed by atoms with E-state index in [1.807, 2.05) is 6.07 Å². The first-order chi connectivity index (χ1) is 8.97. The van der Waals surface area contributed by atoms with Gasteiger partial charge >= 0.3 is 5.97 Å². The number of amides is 1. The van der Waals surface area contributed by atoms with Gasteiger partial charge in [-0.15, -0.1) is 11.3 Å². The van der Waals surface area contributed by atoms with E-state index >= 15 is 0 Å². The van der Waals surface area contributed by atoms with Gasteiger partial charge in [-0.25, -0.2) is 4.79 Å². The first-order valence-corrected chi connectivity index (χ1v) is 8.19. The van der Waals surface area contributed by atoms with Crippen LogP contribution in [0.15, 0.2) is 11.4 Å². The number of hydrogen-bond donors (Lipinski definition) is 1. The Morgan fingerprint density at radius 2 is 2.00 bits per heavy atom. The average molecular weight is 393 g/mol. The summed E-state index contributed by atoms with van der Waals surface area (Å²) in [6.45, 7) is 0. The molecule has 0 unspecified atom stereocenters. The van der Waals surface area contributed by atoms with Crippen molar-refractivity contribution in [1.82, 2.24) is 4.90 Å². The largest absolute Gasteiger partial charge is 0.479 e. The first kappa shape index (κ1) is 14.8. The highest BCUT2D eigenvalue weighted by Crippen LogP contribution is 2.34. The van der Waals surface area contributed by atoms with Gasteiger partial charge in [-0.05, 0) is 41.5 Å². The Morgan fingerprint density at radius 1 is 1.37 bits per heavy atom. The van der Waals surface area contributed by atoms with Gasteiger partial charge in [0.15, 0.2) is 0 Å². The quantitative estimate of drug-likeness (QED) is 0.803. The lowest BCUT2D eigenvalue weighted by atomic mass is 9.80. The molecular formula is C13H16INO3S. The minimum absolute atomic E-state index is 0.191. The molecule has 0 saturated heterocycles. The molecule has 1 aliphatic carbocycles. The molecule has 1 fully saturated rings. The molecule has 1 aromatic heterocycles. The molecule has 1 heterocycles. The van der Waals surface area contributed by atoms with E-state index in [0.29, 0.717) is 18.4 Å². The molecular weight excluding hydrogens is 377 g/mol. The second-order valence-electron chi connectivity index (χ2n) is 4.90. The molecule has 0 radical (unpaired) electrons. The van der Waals surface area contributed by atoms with E-state index in [2.05, 4.69) is 22.6 Å². The van der Waals surface area contributed by atoms with Crippen molar-refractivity contribution in [3.8, 4) is 0 Å². The maximum atomic E-state index is 12.4. The third-order valence-corrected chi connectivity index (χ3v) is 5.63. The lowest BCUT2D eigenvalue weighted by molar-refractivity contribution is -0.151. The highest BCUT2D eigenvalue weighted by molar-refractivity contribution is 14.1. The van der Waals surface area contributed by atoms with Crippen LogP contribution in [0, 0.1) is 2.88 Å². The van der Waals surface area contributed by atoms with E-state index in [1.54, 1.807) is 12.4 Å². The van der Waals surface area contributed by atoms with Crippen LogP contribution in [0.1, 0.15) is 42.5 Å². The molecule has 1 N–H and O–H groups in total. The van der Waals surface area contributed by atoms with Crippen LogP contribution in [0.25, 0.3) is 0 Å². The van der Waals surface area contributed by atoms with Crippen molar-refractivity contribution in [2.75, 3.05) is 7.05 Å². The van der Waals surface area contributed by atoms with Crippen LogP contribution in [0.4, 0.5) is 0 Å². The minimum atomic E-state index is -1.03. The fourth-order valence-electron chi connectivity index (χ4n) is 2.64. The zero-order chi connectivity index (χ0) is 14.0. The standard InChI is InChI=1S/C13H16INO3S/c1-15(11(16)9-7-10(14)19-8-9)13(12(17)18)5-3-2-4-6-13/h7-8H,2-6H2,1H3,(H,17,18). The molecule has 0 atom stereocenters. The number of likely N-dealkylation sites (N-methyl/N-ethyl adjacent to an activating group) is 1. The molecule has 104 valence electrons. The molecule has 1 aliphatic rings. The SMILES string of the molecule is CN(C(=O)c1csc(I)c1)C1(C(=O)O)CCCCC1. The number of carboxylic acid groups (broad SMARTS) is 1. The van der Waals surface area contributed by atoms with Gasteiger partial charge in [0.2, 0.25) is 0 Å². The van der Waals surface area contributed by atoms with Crippen LogP contribution in [0.3, 0.4) is 0 Å². The fourth-order valence-corrected chi connectivity index (χ4v) is 3.96. The van der Waals surface area contributed by atoms with Crippen LogP contribution in [-0.4, -0.2) is 34.5 Å². The van der Waals surface area contributed by atoms with E-state index < -0.39 is 11.5 Å². The van der Waals surface area contributed by atoms with Crippen molar-refractivity contribution in [2.24, 2.45) is 0 Å². The van der Waals surface area contributed by atoms with E-state index in [-0.39, 0.29) is 5.91 Å². The maximum Gasteiger partial charge on any atom is 0.329 e. The topological polar surface area (TPSA) is 57.6 Å². The number of nitrogens with zero attached hydrogens (tertiary/aromatic N) is 1. The van der Waals surface area contributed by atoms with Crippen LogP contribution in [-0.2, 0) is 4.79 Å². The van der Waals surface area contributed by atoms with Gasteiger partial charge in [0.05, 0.1) is 8.45 Å². The van der Waals surface area contributed by atoms with Gasteiger partial charge in [0, 0.05) is 12.4 Å². The Balaban J connectivity index is 2.27. The number of halogens is 1. The maximum absolute atomic E-state index is 12.4. The number of aliphatic carboxylic acids is 1. The van der Waals surface area contributed by atoms with Crippen LogP contribution >= 0.6 is 33.9 Å². The zero-order valence-corrected chi connectivity index (χ0v) is 13.7. The third-order valence-electron chi connectivity index (χ3n) is 3.84. The Bertz CT molecular complexity index is 494. The van der Waals surface area contributed by atoms with Crippen molar-refractivity contribution in [1.29, 1.82) is 0 Å². The highest BCUT2D eigenvalue weighted by atomic mass is 127. The predicted molar refractivity (Wildman–Crippen MR) is 82.6 cm³/mol. The van der Waals surface area contributed by atoms with Crippen molar-refractivity contribution >= 4 is 45.8 Å². The molecule has 19 heavy (non-hydrogen) atoms. The molecule has 0 aliphatic heterocycles. The number of thiophene rings is 1. The summed E-state index contributed by atoms with van der Waals surface area (Å²) in [7, 11) is 1.62. The van der Waals surface area contributed by atoms with Crippen molar-refractivity contribution in [2.45, 2.75) is 37.6 Å². The summed E-state index contributed by atoms with van der Waals surface area (Å²) >= 11 is 3.66. The normalized spacial score (nSPS) is 18.0. The summed E-state index contributed by atoms with van der Waals surface area (Å²) in [5, 5.41) is 11.4. The smallest absolute Gasteiger partial charge is 0.329 e. The van der Waals surface area contributed by atoms with Crippen molar-refractivity contribution in [3.05, 3.63) is 19.9 Å². The summed E-state index contributed by atoms with van der Waals surface area (Å²) in [4.78, 5) is 25.5. The molecule has 6 heteroatoms. The van der Waals surface area contributed by atoms with Gasteiger partial charge in [-0.2, -0.15) is 0 Å². The summed E-state index contributed by atoms with van der Waals surface area (Å²) in [5.74, 6) is -1.07. The average Bonchev–Trinajstić information content (AvgIpc) is 2.84. The van der Waals surface area contributed by atoms with Crippen molar-refractivity contribution in [3.63, 3.8) is 0 Å². The van der Waals surface area contributed by atoms with Gasteiger partial charge in [-0.3, -0.25) is 4.79 Å². The number of carbonyl (C=O) groups excluding carboxylic acids is 1. The second-order valence-corrected chi connectivity index (χ2v) is 7.71. The van der Waals surface area contributed by atoms with Gasteiger partial charge < -0.3 is 10.0 Å². The molecule has 1 aromatic rings. The Morgan fingerprint density at radius 3 is 2.47 bits per heavy atom. The number of rotatable bonds is 3. The Hall–Kier alpha value is -0.630. The van der Waals surface area contributed by atoms with E-state index in [1.165, 1.54) is 16.2 Å². The third kappa shape index (κ3) is 2.79. The van der Waals surface area contributed by atoms with Gasteiger partial charge in [0.25, 0.3) is 5.91 Å². The van der Waals surface area contributed by atoms with E-state index in [4.69, 9.17) is 0 Å². The van der Waals surface area contributed by atoms with Gasteiger partial charge in [-0.1, -0.05) is 19.3 Å². The van der Waals surface area contributed by atoms with Crippen LogP contribution in [0.5, 0.6) is 0 Å². The number of carboxylic acids is 1. The Labute approximate surface area is 129 Å². The highest BCUT2D eigenvalue weighted by Gasteiger charge is 2.45.